The number of carbonyl (C=O) groups is 1. The monoisotopic (exact) mass is 324 g/mol. The zero-order valence-corrected chi connectivity index (χ0v) is 16.3. The largest absolute Gasteiger partial charge is 0.466 e. The number of methoxy groups -OCH3 is 1. The van der Waals surface area contributed by atoms with Gasteiger partial charge in [-0.25, -0.2) is 4.79 Å². The topological polar surface area (TPSA) is 35.5 Å². The number of allylic oxidation sites excluding steroid dienone is 1. The van der Waals surface area contributed by atoms with Crippen molar-refractivity contribution in [1.82, 2.24) is 0 Å². The predicted octanol–water partition coefficient (Wildman–Crippen LogP) is 4.69. The van der Waals surface area contributed by atoms with Gasteiger partial charge in [0.05, 0.1) is 13.2 Å². The highest BCUT2D eigenvalue weighted by atomic mass is 28.4. The van der Waals surface area contributed by atoms with Crippen LogP contribution in [0.2, 0.25) is 18.1 Å². The van der Waals surface area contributed by atoms with Crippen LogP contribution in [0.15, 0.2) is 11.6 Å². The first kappa shape index (κ1) is 17.7. The summed E-state index contributed by atoms with van der Waals surface area (Å²) in [6.07, 6.45) is 6.48. The van der Waals surface area contributed by atoms with Crippen molar-refractivity contribution in [2.24, 2.45) is 11.3 Å². The molecule has 0 N–H and O–H groups in total. The SMILES string of the molecule is COC(=O)C1=CC[C@]2(C)C(CC[C@H]2O[Si](C)(C)C(C)(C)C)C1. The van der Waals surface area contributed by atoms with E-state index >= 15 is 0 Å². The summed E-state index contributed by atoms with van der Waals surface area (Å²) >= 11 is 0. The smallest absolute Gasteiger partial charge is 0.333 e. The molecule has 126 valence electrons. The first-order valence-corrected chi connectivity index (χ1v) is 11.4. The zero-order chi connectivity index (χ0) is 16.8. The molecular formula is C18H32O3Si. The van der Waals surface area contributed by atoms with Crippen molar-refractivity contribution in [3.05, 3.63) is 11.6 Å². The Bertz CT molecular complexity index is 475. The molecule has 3 nitrogen and oxygen atoms in total. The molecule has 2 aliphatic carbocycles. The van der Waals surface area contributed by atoms with Gasteiger partial charge in [-0.15, -0.1) is 0 Å². The van der Waals surface area contributed by atoms with Crippen molar-refractivity contribution in [2.45, 2.75) is 77.6 Å². The van der Waals surface area contributed by atoms with Gasteiger partial charge in [0.25, 0.3) is 0 Å². The Hall–Kier alpha value is -0.613. The molecule has 0 saturated heterocycles. The summed E-state index contributed by atoms with van der Waals surface area (Å²) in [6, 6.07) is 0. The Balaban J connectivity index is 2.16. The molecule has 0 heterocycles. The second kappa shape index (κ2) is 5.79. The third-order valence-corrected chi connectivity index (χ3v) is 10.9. The second-order valence-corrected chi connectivity index (χ2v) is 13.5. The average Bonchev–Trinajstić information content (AvgIpc) is 2.72. The summed E-state index contributed by atoms with van der Waals surface area (Å²) in [6.45, 7) is 13.9. The van der Waals surface area contributed by atoms with Crippen molar-refractivity contribution >= 4 is 14.3 Å². The van der Waals surface area contributed by atoms with Crippen molar-refractivity contribution in [3.8, 4) is 0 Å². The lowest BCUT2D eigenvalue weighted by atomic mass is 9.69. The lowest BCUT2D eigenvalue weighted by molar-refractivity contribution is -0.136. The van der Waals surface area contributed by atoms with Gasteiger partial charge >= 0.3 is 5.97 Å². The summed E-state index contributed by atoms with van der Waals surface area (Å²) in [5.41, 5.74) is 1.03. The van der Waals surface area contributed by atoms with Crippen LogP contribution >= 0.6 is 0 Å². The van der Waals surface area contributed by atoms with Crippen LogP contribution in [-0.4, -0.2) is 27.5 Å². The molecule has 0 amide bonds. The molecule has 3 atom stereocenters. The minimum Gasteiger partial charge on any atom is -0.466 e. The summed E-state index contributed by atoms with van der Waals surface area (Å²) in [7, 11) is -0.284. The number of esters is 1. The van der Waals surface area contributed by atoms with E-state index in [2.05, 4.69) is 46.9 Å². The van der Waals surface area contributed by atoms with Crippen LogP contribution < -0.4 is 0 Å². The van der Waals surface area contributed by atoms with E-state index in [0.717, 1.165) is 31.3 Å². The average molecular weight is 325 g/mol. The number of carbonyl (C=O) groups excluding carboxylic acids is 1. The molecule has 0 aliphatic heterocycles. The molecule has 0 aromatic carbocycles. The highest BCUT2D eigenvalue weighted by Crippen LogP contribution is 2.54. The summed E-state index contributed by atoms with van der Waals surface area (Å²) in [4.78, 5) is 11.8. The Labute approximate surface area is 136 Å². The predicted molar refractivity (Wildman–Crippen MR) is 92.2 cm³/mol. The van der Waals surface area contributed by atoms with E-state index in [1.807, 2.05) is 0 Å². The molecule has 0 bridgehead atoms. The fraction of sp³-hybridized carbons (Fsp3) is 0.833. The van der Waals surface area contributed by atoms with Gasteiger partial charge in [0.15, 0.2) is 8.32 Å². The van der Waals surface area contributed by atoms with E-state index in [-0.39, 0.29) is 16.4 Å². The molecule has 22 heavy (non-hydrogen) atoms. The number of hydrogen-bond acceptors (Lipinski definition) is 3. The number of rotatable bonds is 3. The first-order chi connectivity index (χ1) is 10.0. The highest BCUT2D eigenvalue weighted by Gasteiger charge is 2.52. The molecule has 1 unspecified atom stereocenters. The Morgan fingerprint density at radius 3 is 2.50 bits per heavy atom. The standard InChI is InChI=1S/C18H32O3Si/c1-17(2,3)22(6,7)21-15-9-8-14-12-13(16(19)20-5)10-11-18(14,15)4/h10,14-15H,8-9,11-12H2,1-7H3/t14?,15-,18-/m1/s1. The van der Waals surface area contributed by atoms with Gasteiger partial charge in [-0.05, 0) is 55.1 Å². The molecule has 1 fully saturated rings. The summed E-state index contributed by atoms with van der Waals surface area (Å²) < 4.78 is 11.6. The van der Waals surface area contributed by atoms with E-state index in [4.69, 9.17) is 9.16 Å². The molecule has 1 saturated carbocycles. The lowest BCUT2D eigenvalue weighted by Crippen LogP contribution is -2.48. The molecule has 2 aliphatic rings. The molecule has 0 spiro atoms. The van der Waals surface area contributed by atoms with Crippen molar-refractivity contribution in [1.29, 1.82) is 0 Å². The van der Waals surface area contributed by atoms with Gasteiger partial charge in [0.2, 0.25) is 0 Å². The highest BCUT2D eigenvalue weighted by molar-refractivity contribution is 6.74. The minimum atomic E-state index is -1.75. The maximum atomic E-state index is 11.8. The van der Waals surface area contributed by atoms with Gasteiger partial charge in [0, 0.05) is 5.57 Å². The van der Waals surface area contributed by atoms with Crippen LogP contribution in [0.25, 0.3) is 0 Å². The van der Waals surface area contributed by atoms with Crippen molar-refractivity contribution < 1.29 is 14.0 Å². The van der Waals surface area contributed by atoms with Gasteiger partial charge in [0.1, 0.15) is 0 Å². The van der Waals surface area contributed by atoms with Crippen molar-refractivity contribution in [2.75, 3.05) is 7.11 Å². The third kappa shape index (κ3) is 3.05. The van der Waals surface area contributed by atoms with Gasteiger partial charge in [-0.1, -0.05) is 33.8 Å². The van der Waals surface area contributed by atoms with Crippen LogP contribution in [-0.2, 0) is 14.0 Å². The quantitative estimate of drug-likeness (QED) is 0.558. The van der Waals surface area contributed by atoms with Crippen LogP contribution in [0.1, 0.15) is 53.4 Å². The minimum absolute atomic E-state index is 0.157. The third-order valence-electron chi connectivity index (χ3n) is 6.39. The summed E-state index contributed by atoms with van der Waals surface area (Å²) in [5.74, 6) is 0.386. The van der Waals surface area contributed by atoms with E-state index in [0.29, 0.717) is 12.0 Å². The van der Waals surface area contributed by atoms with Crippen molar-refractivity contribution in [3.63, 3.8) is 0 Å². The molecule has 2 rings (SSSR count). The van der Waals surface area contributed by atoms with Crippen LogP contribution in [0, 0.1) is 11.3 Å². The Morgan fingerprint density at radius 1 is 1.32 bits per heavy atom. The maximum absolute atomic E-state index is 11.8. The number of ether oxygens (including phenoxy) is 1. The summed E-state index contributed by atoms with van der Waals surface area (Å²) in [5, 5.41) is 0.239. The van der Waals surface area contributed by atoms with E-state index < -0.39 is 8.32 Å². The first-order valence-electron chi connectivity index (χ1n) is 8.46. The van der Waals surface area contributed by atoms with E-state index in [1.165, 1.54) is 7.11 Å². The van der Waals surface area contributed by atoms with Gasteiger partial charge < -0.3 is 9.16 Å². The number of fused-ring (bicyclic) bond motifs is 1. The molecule has 0 aromatic rings. The number of hydrogen-bond donors (Lipinski definition) is 0. The van der Waals surface area contributed by atoms with Crippen LogP contribution in [0.4, 0.5) is 0 Å². The maximum Gasteiger partial charge on any atom is 0.333 e. The van der Waals surface area contributed by atoms with Crippen LogP contribution in [0.5, 0.6) is 0 Å². The second-order valence-electron chi connectivity index (χ2n) is 8.78. The van der Waals surface area contributed by atoms with E-state index in [1.54, 1.807) is 0 Å². The molecule has 0 aromatic heterocycles. The fourth-order valence-corrected chi connectivity index (χ4v) is 5.08. The van der Waals surface area contributed by atoms with Crippen LogP contribution in [0.3, 0.4) is 0 Å². The molecule has 4 heteroatoms. The zero-order valence-electron chi connectivity index (χ0n) is 15.3. The van der Waals surface area contributed by atoms with E-state index in [9.17, 15) is 4.79 Å². The fourth-order valence-electron chi connectivity index (χ4n) is 3.62. The lowest BCUT2D eigenvalue weighted by Gasteiger charge is -2.45. The molecule has 0 radical (unpaired) electrons. The normalized spacial score (nSPS) is 32.4. The Kier molecular flexibility index (Phi) is 4.67. The Morgan fingerprint density at radius 2 is 1.95 bits per heavy atom. The van der Waals surface area contributed by atoms with Gasteiger partial charge in [-0.2, -0.15) is 0 Å². The molecular weight excluding hydrogens is 292 g/mol. The van der Waals surface area contributed by atoms with Gasteiger partial charge in [-0.3, -0.25) is 0 Å².